The van der Waals surface area contributed by atoms with E-state index in [4.69, 9.17) is 5.11 Å². The third kappa shape index (κ3) is 4.65. The number of para-hydroxylation sites is 1. The molecule has 0 fully saturated rings. The summed E-state index contributed by atoms with van der Waals surface area (Å²) < 4.78 is 17.9. The maximum Gasteiger partial charge on any atom is 0.329 e. The molecule has 1 aromatic rings. The van der Waals surface area contributed by atoms with Crippen molar-refractivity contribution in [2.24, 2.45) is 0 Å². The normalized spacial score (nSPS) is 9.90. The second-order valence-electron chi connectivity index (χ2n) is 3.75. The highest BCUT2D eigenvalue weighted by molar-refractivity contribution is 6.02. The van der Waals surface area contributed by atoms with Crippen LogP contribution in [0.5, 0.6) is 0 Å². The number of hydrogen-bond acceptors (Lipinski definition) is 4. The highest BCUT2D eigenvalue weighted by Crippen LogP contribution is 2.16. The van der Waals surface area contributed by atoms with Gasteiger partial charge in [-0.3, -0.25) is 15.0 Å². The monoisotopic (exact) mass is 284 g/mol. The summed E-state index contributed by atoms with van der Waals surface area (Å²) in [5.41, 5.74) is 0.00394. The number of anilines is 1. The van der Waals surface area contributed by atoms with Crippen LogP contribution in [0.3, 0.4) is 0 Å². The molecule has 0 radical (unpaired) electrons. The number of urea groups is 1. The highest BCUT2D eigenvalue weighted by atomic mass is 19.1. The van der Waals surface area contributed by atoms with Crippen molar-refractivity contribution in [3.05, 3.63) is 30.1 Å². The Morgan fingerprint density at radius 3 is 2.55 bits per heavy atom. The van der Waals surface area contributed by atoms with E-state index in [0.717, 1.165) is 4.90 Å². The molecular weight excluding hydrogens is 271 g/mol. The maximum atomic E-state index is 13.4. The molecule has 0 aliphatic rings. The van der Waals surface area contributed by atoms with Gasteiger partial charge < -0.3 is 9.84 Å². The Hall–Kier alpha value is -2.48. The molecule has 1 aromatic carbocycles. The van der Waals surface area contributed by atoms with E-state index >= 15 is 0 Å². The summed E-state index contributed by atoms with van der Waals surface area (Å²) in [6.45, 7) is -1.23. The van der Waals surface area contributed by atoms with E-state index in [9.17, 15) is 18.8 Å². The Morgan fingerprint density at radius 1 is 1.30 bits per heavy atom. The number of carboxylic acids is 1. The molecule has 0 aliphatic carbocycles. The molecule has 1 rings (SSSR count). The summed E-state index contributed by atoms with van der Waals surface area (Å²) in [4.78, 5) is 34.0. The predicted octanol–water partition coefficient (Wildman–Crippen LogP) is 0.599. The third-order valence-corrected chi connectivity index (χ3v) is 2.22. The van der Waals surface area contributed by atoms with Gasteiger partial charge >= 0.3 is 12.0 Å². The van der Waals surface area contributed by atoms with Crippen LogP contribution in [-0.4, -0.2) is 43.3 Å². The lowest BCUT2D eigenvalue weighted by Gasteiger charge is -2.17. The Labute approximate surface area is 113 Å². The molecule has 7 nitrogen and oxygen atoms in total. The quantitative estimate of drug-likeness (QED) is 0.825. The van der Waals surface area contributed by atoms with Crippen molar-refractivity contribution >= 4 is 23.6 Å². The van der Waals surface area contributed by atoms with Crippen LogP contribution in [0.4, 0.5) is 14.9 Å². The number of carboxylic acid groups (broad SMARTS) is 1. The fraction of sp³-hybridized carbons (Fsp3) is 0.250. The van der Waals surface area contributed by atoms with E-state index in [1.807, 2.05) is 5.32 Å². The first-order valence-corrected chi connectivity index (χ1v) is 5.53. The van der Waals surface area contributed by atoms with Crippen LogP contribution in [0.1, 0.15) is 0 Å². The lowest BCUT2D eigenvalue weighted by molar-refractivity contribution is -0.143. The first-order chi connectivity index (χ1) is 9.41. The van der Waals surface area contributed by atoms with Crippen LogP contribution in [0.15, 0.2) is 24.3 Å². The van der Waals surface area contributed by atoms with Gasteiger partial charge in [0.2, 0.25) is 0 Å². The van der Waals surface area contributed by atoms with Crippen LogP contribution in [0.2, 0.25) is 0 Å². The Morgan fingerprint density at radius 2 is 1.95 bits per heavy atom. The SMILES string of the molecule is CN(C(=O)NC(=O)COCC(=O)O)c1ccccc1F. The maximum absolute atomic E-state index is 13.4. The fourth-order valence-electron chi connectivity index (χ4n) is 1.30. The van der Waals surface area contributed by atoms with E-state index in [1.165, 1.54) is 25.2 Å². The van der Waals surface area contributed by atoms with Gasteiger partial charge in [0.25, 0.3) is 5.91 Å². The zero-order valence-electron chi connectivity index (χ0n) is 10.6. The number of aliphatic carboxylic acids is 1. The minimum atomic E-state index is -1.23. The average Bonchev–Trinajstić information content (AvgIpc) is 2.38. The molecule has 3 amide bonds. The van der Waals surface area contributed by atoms with Crippen LogP contribution in [-0.2, 0) is 14.3 Å². The van der Waals surface area contributed by atoms with Gasteiger partial charge in [0.05, 0.1) is 5.69 Å². The minimum Gasteiger partial charge on any atom is -0.480 e. The number of carbonyl (C=O) groups excluding carboxylic acids is 2. The fourth-order valence-corrected chi connectivity index (χ4v) is 1.30. The molecule has 20 heavy (non-hydrogen) atoms. The van der Waals surface area contributed by atoms with E-state index in [2.05, 4.69) is 4.74 Å². The lowest BCUT2D eigenvalue weighted by Crippen LogP contribution is -2.42. The lowest BCUT2D eigenvalue weighted by atomic mass is 10.3. The summed E-state index contributed by atoms with van der Waals surface area (Å²) in [5, 5.41) is 10.2. The standard InChI is InChI=1S/C12H13FN2O5/c1-15(9-5-3-2-4-8(9)13)12(19)14-10(16)6-20-7-11(17)18/h2-5H,6-7H2,1H3,(H,17,18)(H,14,16,19). The Kier molecular flexibility index (Phi) is 5.60. The van der Waals surface area contributed by atoms with Crippen molar-refractivity contribution in [3.8, 4) is 0 Å². The number of carbonyl (C=O) groups is 3. The smallest absolute Gasteiger partial charge is 0.329 e. The number of halogens is 1. The topological polar surface area (TPSA) is 95.9 Å². The summed E-state index contributed by atoms with van der Waals surface area (Å²) in [6.07, 6.45) is 0. The zero-order chi connectivity index (χ0) is 15.1. The molecule has 108 valence electrons. The largest absolute Gasteiger partial charge is 0.480 e. The molecule has 2 N–H and O–H groups in total. The number of nitrogens with zero attached hydrogens (tertiary/aromatic N) is 1. The molecular formula is C12H13FN2O5. The molecule has 8 heteroatoms. The van der Waals surface area contributed by atoms with Crippen LogP contribution >= 0.6 is 0 Å². The molecule has 0 unspecified atom stereocenters. The third-order valence-electron chi connectivity index (χ3n) is 2.22. The van der Waals surface area contributed by atoms with Gasteiger partial charge in [-0.15, -0.1) is 0 Å². The van der Waals surface area contributed by atoms with Gasteiger partial charge in [-0.1, -0.05) is 12.1 Å². The van der Waals surface area contributed by atoms with Crippen molar-refractivity contribution in [2.75, 3.05) is 25.2 Å². The van der Waals surface area contributed by atoms with Crippen molar-refractivity contribution in [1.29, 1.82) is 0 Å². The molecule has 0 aliphatic heterocycles. The zero-order valence-corrected chi connectivity index (χ0v) is 10.6. The molecule has 0 bridgehead atoms. The summed E-state index contributed by atoms with van der Waals surface area (Å²) in [5.74, 6) is -2.66. The van der Waals surface area contributed by atoms with E-state index in [0.29, 0.717) is 0 Å². The van der Waals surface area contributed by atoms with Gasteiger partial charge in [-0.2, -0.15) is 0 Å². The molecule has 0 saturated carbocycles. The van der Waals surface area contributed by atoms with Gasteiger partial charge in [-0.05, 0) is 12.1 Å². The first-order valence-electron chi connectivity index (χ1n) is 5.53. The number of hydrogen-bond donors (Lipinski definition) is 2. The van der Waals surface area contributed by atoms with Crippen LogP contribution < -0.4 is 10.2 Å². The molecule has 0 heterocycles. The number of nitrogens with one attached hydrogen (secondary N) is 1. The van der Waals surface area contributed by atoms with Crippen molar-refractivity contribution in [3.63, 3.8) is 0 Å². The van der Waals surface area contributed by atoms with E-state index < -0.39 is 36.9 Å². The van der Waals surface area contributed by atoms with Crippen molar-refractivity contribution in [1.82, 2.24) is 5.32 Å². The molecule has 0 atom stereocenters. The number of imide groups is 1. The summed E-state index contributed by atoms with van der Waals surface area (Å²) >= 11 is 0. The second-order valence-corrected chi connectivity index (χ2v) is 3.75. The van der Waals surface area contributed by atoms with Crippen LogP contribution in [0, 0.1) is 5.82 Å². The Balaban J connectivity index is 2.52. The Bertz CT molecular complexity index is 520. The summed E-state index contributed by atoms with van der Waals surface area (Å²) in [7, 11) is 1.29. The molecule has 0 aromatic heterocycles. The number of ether oxygens (including phenoxy) is 1. The van der Waals surface area contributed by atoms with E-state index in [1.54, 1.807) is 6.07 Å². The first kappa shape index (κ1) is 15.6. The molecule has 0 saturated heterocycles. The average molecular weight is 284 g/mol. The van der Waals surface area contributed by atoms with Crippen molar-refractivity contribution < 1.29 is 28.6 Å². The number of amides is 3. The highest BCUT2D eigenvalue weighted by Gasteiger charge is 2.16. The van der Waals surface area contributed by atoms with Gasteiger partial charge in [0, 0.05) is 7.05 Å². The van der Waals surface area contributed by atoms with Crippen LogP contribution in [0.25, 0.3) is 0 Å². The second kappa shape index (κ2) is 7.19. The minimum absolute atomic E-state index is 0.00394. The van der Waals surface area contributed by atoms with Gasteiger partial charge in [-0.25, -0.2) is 14.0 Å². The van der Waals surface area contributed by atoms with Gasteiger partial charge in [0.15, 0.2) is 0 Å². The van der Waals surface area contributed by atoms with Crippen molar-refractivity contribution in [2.45, 2.75) is 0 Å². The number of benzene rings is 1. The summed E-state index contributed by atoms with van der Waals surface area (Å²) in [6, 6.07) is 4.71. The van der Waals surface area contributed by atoms with E-state index in [-0.39, 0.29) is 5.69 Å². The number of rotatable bonds is 5. The molecule has 0 spiro atoms. The van der Waals surface area contributed by atoms with Gasteiger partial charge in [0.1, 0.15) is 19.0 Å². The predicted molar refractivity (Wildman–Crippen MR) is 66.8 cm³/mol.